The third-order valence-corrected chi connectivity index (χ3v) is 7.36. The van der Waals surface area contributed by atoms with Gasteiger partial charge in [0.15, 0.2) is 0 Å². The van der Waals surface area contributed by atoms with Crippen LogP contribution in [-0.2, 0) is 14.8 Å². The number of aromatic nitrogens is 2. The molecule has 0 bridgehead atoms. The number of hydrogen-bond acceptors (Lipinski definition) is 4. The summed E-state index contributed by atoms with van der Waals surface area (Å²) in [5.41, 5.74) is 0. The molecule has 0 spiro atoms. The first-order chi connectivity index (χ1) is 13.2. The summed E-state index contributed by atoms with van der Waals surface area (Å²) < 4.78 is 28.9. The molecule has 0 saturated carbocycles. The molecule has 3 rings (SSSR count). The number of carbonyl (C=O) groups is 1. The highest BCUT2D eigenvalue weighted by molar-refractivity contribution is 7.89. The summed E-state index contributed by atoms with van der Waals surface area (Å²) in [4.78, 5) is 12.6. The minimum Gasteiger partial charge on any atom is -0.311 e. The predicted octanol–water partition coefficient (Wildman–Crippen LogP) is 3.81. The van der Waals surface area contributed by atoms with E-state index in [4.69, 9.17) is 23.2 Å². The van der Waals surface area contributed by atoms with Crippen molar-refractivity contribution >= 4 is 45.0 Å². The number of anilines is 1. The molecule has 28 heavy (non-hydrogen) atoms. The van der Waals surface area contributed by atoms with Gasteiger partial charge in [-0.05, 0) is 44.9 Å². The van der Waals surface area contributed by atoms with Crippen LogP contribution in [0.15, 0.2) is 35.4 Å². The summed E-state index contributed by atoms with van der Waals surface area (Å²) in [6, 6.07) is 6.24. The molecule has 152 valence electrons. The van der Waals surface area contributed by atoms with Crippen LogP contribution in [0.4, 0.5) is 5.82 Å². The fourth-order valence-corrected chi connectivity index (χ4v) is 5.43. The van der Waals surface area contributed by atoms with Gasteiger partial charge in [-0.15, -0.1) is 0 Å². The molecule has 1 N–H and O–H groups in total. The number of sulfonamides is 1. The summed E-state index contributed by atoms with van der Waals surface area (Å²) >= 11 is 12.0. The smallest absolute Gasteiger partial charge is 0.244 e. The minimum absolute atomic E-state index is 0.00889. The summed E-state index contributed by atoms with van der Waals surface area (Å²) in [6.07, 6.45) is 2.50. The molecule has 2 heterocycles. The topological polar surface area (TPSA) is 84.3 Å². The maximum absolute atomic E-state index is 12.9. The van der Waals surface area contributed by atoms with Crippen LogP contribution in [0.25, 0.3) is 0 Å². The van der Waals surface area contributed by atoms with Gasteiger partial charge < -0.3 is 5.32 Å². The van der Waals surface area contributed by atoms with Gasteiger partial charge in [0.25, 0.3) is 0 Å². The van der Waals surface area contributed by atoms with Crippen LogP contribution in [0.3, 0.4) is 0 Å². The van der Waals surface area contributed by atoms with Crippen LogP contribution in [0.2, 0.25) is 10.0 Å². The Bertz CT molecular complexity index is 967. The molecule has 0 aliphatic carbocycles. The Kier molecular flexibility index (Phi) is 6.34. The number of amides is 1. The Morgan fingerprint density at radius 3 is 2.54 bits per heavy atom. The van der Waals surface area contributed by atoms with Crippen LogP contribution in [0.5, 0.6) is 0 Å². The first-order valence-electron chi connectivity index (χ1n) is 8.99. The van der Waals surface area contributed by atoms with Crippen molar-refractivity contribution in [3.8, 4) is 0 Å². The second-order valence-corrected chi connectivity index (χ2v) is 9.75. The second-order valence-electron chi connectivity index (χ2n) is 7.00. The molecule has 0 atom stereocenters. The molecule has 7 nitrogen and oxygen atoms in total. The van der Waals surface area contributed by atoms with Crippen LogP contribution in [0, 0.1) is 5.92 Å². The van der Waals surface area contributed by atoms with Crippen molar-refractivity contribution in [1.82, 2.24) is 14.1 Å². The maximum atomic E-state index is 12.9. The van der Waals surface area contributed by atoms with Gasteiger partial charge in [-0.2, -0.15) is 9.40 Å². The van der Waals surface area contributed by atoms with Crippen LogP contribution in [0.1, 0.15) is 32.7 Å². The molecular formula is C18H22Cl2N4O3S. The predicted molar refractivity (Wildman–Crippen MR) is 109 cm³/mol. The monoisotopic (exact) mass is 444 g/mol. The number of rotatable bonds is 5. The number of piperidine rings is 1. The van der Waals surface area contributed by atoms with E-state index in [1.54, 1.807) is 23.0 Å². The summed E-state index contributed by atoms with van der Waals surface area (Å²) in [7, 11) is -3.76. The molecule has 0 unspecified atom stereocenters. The van der Waals surface area contributed by atoms with Gasteiger partial charge in [-0.1, -0.05) is 23.2 Å². The van der Waals surface area contributed by atoms with E-state index in [9.17, 15) is 13.2 Å². The van der Waals surface area contributed by atoms with Crippen molar-refractivity contribution in [2.24, 2.45) is 5.92 Å². The third kappa shape index (κ3) is 4.35. The highest BCUT2D eigenvalue weighted by atomic mass is 35.5. The largest absolute Gasteiger partial charge is 0.311 e. The first kappa shape index (κ1) is 21.1. The third-order valence-electron chi connectivity index (χ3n) is 4.75. The average Bonchev–Trinajstić information content (AvgIpc) is 3.12. The lowest BCUT2D eigenvalue weighted by Gasteiger charge is -2.30. The van der Waals surface area contributed by atoms with E-state index in [0.717, 1.165) is 0 Å². The standard InChI is InChI=1S/C18H22Cl2N4O3S/c1-12(2)24-17(5-8-21-24)22-18(25)13-6-9-23(10-7-13)28(26,27)16-11-14(19)3-4-15(16)20/h3-5,8,11-13H,6-7,9-10H2,1-2H3,(H,22,25). The molecular weight excluding hydrogens is 423 g/mol. The Labute approximate surface area is 174 Å². The zero-order chi connectivity index (χ0) is 20.5. The quantitative estimate of drug-likeness (QED) is 0.759. The van der Waals surface area contributed by atoms with Gasteiger partial charge in [0.2, 0.25) is 15.9 Å². The maximum Gasteiger partial charge on any atom is 0.244 e. The van der Waals surface area contributed by atoms with Gasteiger partial charge in [0, 0.05) is 36.1 Å². The van der Waals surface area contributed by atoms with Crippen molar-refractivity contribution in [1.29, 1.82) is 0 Å². The van der Waals surface area contributed by atoms with E-state index >= 15 is 0 Å². The lowest BCUT2D eigenvalue weighted by Crippen LogP contribution is -2.41. The zero-order valence-electron chi connectivity index (χ0n) is 15.6. The van der Waals surface area contributed by atoms with E-state index in [1.807, 2.05) is 13.8 Å². The SMILES string of the molecule is CC(C)n1nccc1NC(=O)C1CCN(S(=O)(=O)c2cc(Cl)ccc2Cl)CC1. The van der Waals surface area contributed by atoms with E-state index in [2.05, 4.69) is 10.4 Å². The molecule has 1 saturated heterocycles. The molecule has 1 aliphatic heterocycles. The van der Waals surface area contributed by atoms with Gasteiger partial charge in [0.1, 0.15) is 10.7 Å². The fraction of sp³-hybridized carbons (Fsp3) is 0.444. The van der Waals surface area contributed by atoms with Crippen LogP contribution >= 0.6 is 23.2 Å². The highest BCUT2D eigenvalue weighted by Gasteiger charge is 2.33. The Morgan fingerprint density at radius 1 is 1.21 bits per heavy atom. The lowest BCUT2D eigenvalue weighted by atomic mass is 9.97. The number of halogens is 2. The minimum atomic E-state index is -3.76. The number of hydrogen-bond donors (Lipinski definition) is 1. The van der Waals surface area contributed by atoms with Crippen LogP contribution in [-0.4, -0.2) is 41.5 Å². The van der Waals surface area contributed by atoms with Gasteiger partial charge in [0.05, 0.1) is 11.2 Å². The fourth-order valence-electron chi connectivity index (χ4n) is 3.23. The van der Waals surface area contributed by atoms with E-state index < -0.39 is 10.0 Å². The van der Waals surface area contributed by atoms with Crippen molar-refractivity contribution < 1.29 is 13.2 Å². The molecule has 1 aliphatic rings. The summed E-state index contributed by atoms with van der Waals surface area (Å²) in [6.45, 7) is 4.44. The number of benzene rings is 1. The Balaban J connectivity index is 1.66. The van der Waals surface area contributed by atoms with Gasteiger partial charge in [-0.3, -0.25) is 4.79 Å². The molecule has 0 radical (unpaired) electrons. The van der Waals surface area contributed by atoms with Crippen molar-refractivity contribution in [2.75, 3.05) is 18.4 Å². The van der Waals surface area contributed by atoms with E-state index in [0.29, 0.717) is 23.7 Å². The molecule has 2 aromatic rings. The van der Waals surface area contributed by atoms with Crippen LogP contribution < -0.4 is 5.32 Å². The molecule has 1 aromatic heterocycles. The Hall–Kier alpha value is -1.61. The van der Waals surface area contributed by atoms with E-state index in [1.165, 1.54) is 16.4 Å². The molecule has 1 aromatic carbocycles. The normalized spacial score (nSPS) is 16.5. The lowest BCUT2D eigenvalue weighted by molar-refractivity contribution is -0.121. The zero-order valence-corrected chi connectivity index (χ0v) is 17.9. The van der Waals surface area contributed by atoms with E-state index in [-0.39, 0.29) is 40.9 Å². The Morgan fingerprint density at radius 2 is 1.89 bits per heavy atom. The van der Waals surface area contributed by atoms with Gasteiger partial charge >= 0.3 is 0 Å². The summed E-state index contributed by atoms with van der Waals surface area (Å²) in [5, 5.41) is 7.53. The van der Waals surface area contributed by atoms with Crippen molar-refractivity contribution in [3.63, 3.8) is 0 Å². The number of nitrogens with zero attached hydrogens (tertiary/aromatic N) is 3. The molecule has 1 fully saturated rings. The first-order valence-corrected chi connectivity index (χ1v) is 11.2. The average molecular weight is 445 g/mol. The summed E-state index contributed by atoms with van der Waals surface area (Å²) in [5.74, 6) is 0.248. The molecule has 10 heteroatoms. The number of carbonyl (C=O) groups excluding carboxylic acids is 1. The number of nitrogens with one attached hydrogen (secondary N) is 1. The van der Waals surface area contributed by atoms with Crippen molar-refractivity contribution in [3.05, 3.63) is 40.5 Å². The van der Waals surface area contributed by atoms with Crippen molar-refractivity contribution in [2.45, 2.75) is 37.6 Å². The molecule has 1 amide bonds. The van der Waals surface area contributed by atoms with Gasteiger partial charge in [-0.25, -0.2) is 13.1 Å². The second kappa shape index (κ2) is 8.41. The highest BCUT2D eigenvalue weighted by Crippen LogP contribution is 2.30.